The molecule has 1 heterocycles. The molecule has 35 heavy (non-hydrogen) atoms. The first-order chi connectivity index (χ1) is 16.6. The normalized spacial score (nSPS) is 16.2. The lowest BCUT2D eigenvalue weighted by Crippen LogP contribution is -2.54. The fraction of sp³-hybridized carbons (Fsp3) is 0.480. The second kappa shape index (κ2) is 12.6. The minimum atomic E-state index is -0.676. The van der Waals surface area contributed by atoms with Gasteiger partial charge in [0.2, 0.25) is 0 Å². The lowest BCUT2D eigenvalue weighted by Gasteiger charge is -2.39. The van der Waals surface area contributed by atoms with Gasteiger partial charge in [-0.1, -0.05) is 44.0 Å². The first-order valence-electron chi connectivity index (χ1n) is 11.7. The summed E-state index contributed by atoms with van der Waals surface area (Å²) in [6, 6.07) is 8.44. The molecule has 6 nitrogen and oxygen atoms in total. The lowest BCUT2D eigenvalue weighted by atomic mass is 9.85. The third-order valence-electron chi connectivity index (χ3n) is 5.82. The van der Waals surface area contributed by atoms with Crippen molar-refractivity contribution in [2.45, 2.75) is 46.0 Å². The number of carbonyl (C=O) groups is 1. The maximum atomic E-state index is 14.5. The van der Waals surface area contributed by atoms with E-state index >= 15 is 0 Å². The van der Waals surface area contributed by atoms with E-state index in [1.54, 1.807) is 12.1 Å². The molecule has 1 saturated heterocycles. The number of hydrogen-bond donors (Lipinski definition) is 3. The zero-order valence-corrected chi connectivity index (χ0v) is 22.5. The Labute approximate surface area is 220 Å². The first kappa shape index (κ1) is 28.0. The molecule has 2 aromatic carbocycles. The summed E-state index contributed by atoms with van der Waals surface area (Å²) in [6.07, 6.45) is 3.00. The van der Waals surface area contributed by atoms with Crippen molar-refractivity contribution in [2.75, 3.05) is 25.4 Å². The Kier molecular flexibility index (Phi) is 10.1. The first-order valence-corrected chi connectivity index (χ1v) is 13.4. The maximum absolute atomic E-state index is 14.5. The molecule has 3 N–H and O–H groups in total. The summed E-state index contributed by atoms with van der Waals surface area (Å²) in [5.41, 5.74) is 4.28. The Morgan fingerprint density at radius 3 is 2.40 bits per heavy atom. The molecule has 192 valence electrons. The molecule has 1 aliphatic carbocycles. The van der Waals surface area contributed by atoms with Gasteiger partial charge in [0.1, 0.15) is 11.6 Å². The van der Waals surface area contributed by atoms with Gasteiger partial charge in [0.15, 0.2) is 0 Å². The quantitative estimate of drug-likeness (QED) is 0.256. The molecular weight excluding hydrogens is 512 g/mol. The summed E-state index contributed by atoms with van der Waals surface area (Å²) in [5.74, 6) is 0.0823. The van der Waals surface area contributed by atoms with E-state index in [2.05, 4.69) is 24.6 Å². The lowest BCUT2D eigenvalue weighted by molar-refractivity contribution is -0.0246. The van der Waals surface area contributed by atoms with Gasteiger partial charge in [-0.25, -0.2) is 4.39 Å². The number of rotatable bonds is 9. The molecule has 0 atom stereocenters. The molecule has 0 bridgehead atoms. The SMILES string of the molecule is CCSN(O)NC(=O)c1cc(C2CC2)c(OCC2(C)CNC2)cc1F.CCc1cc(Cl)cc(Cl)c1. The van der Waals surface area contributed by atoms with Crippen molar-refractivity contribution in [3.05, 3.63) is 62.9 Å². The van der Waals surface area contributed by atoms with Crippen LogP contribution in [-0.4, -0.2) is 41.1 Å². The molecule has 1 aliphatic heterocycles. The summed E-state index contributed by atoms with van der Waals surface area (Å²) in [7, 11) is 0. The van der Waals surface area contributed by atoms with E-state index in [9.17, 15) is 14.4 Å². The van der Waals surface area contributed by atoms with E-state index in [0.29, 0.717) is 38.6 Å². The number of nitrogens with one attached hydrogen (secondary N) is 2. The second-order valence-corrected chi connectivity index (χ2v) is 11.2. The van der Waals surface area contributed by atoms with Crippen LogP contribution >= 0.6 is 35.1 Å². The summed E-state index contributed by atoms with van der Waals surface area (Å²) >= 11 is 12.5. The van der Waals surface area contributed by atoms with Crippen LogP contribution in [0.4, 0.5) is 4.39 Å². The Morgan fingerprint density at radius 2 is 1.89 bits per heavy atom. The van der Waals surface area contributed by atoms with Gasteiger partial charge >= 0.3 is 0 Å². The molecule has 0 aromatic heterocycles. The van der Waals surface area contributed by atoms with E-state index in [0.717, 1.165) is 49.9 Å². The smallest absolute Gasteiger partial charge is 0.271 e. The van der Waals surface area contributed by atoms with E-state index in [1.165, 1.54) is 11.6 Å². The van der Waals surface area contributed by atoms with Gasteiger partial charge in [-0.05, 0) is 77.1 Å². The molecule has 0 unspecified atom stereocenters. The fourth-order valence-corrected chi connectivity index (χ4v) is 4.57. The fourth-order valence-electron chi connectivity index (χ4n) is 3.61. The Morgan fingerprint density at radius 1 is 1.23 bits per heavy atom. The van der Waals surface area contributed by atoms with Gasteiger partial charge in [-0.2, -0.15) is 0 Å². The van der Waals surface area contributed by atoms with Crippen LogP contribution in [0.1, 0.15) is 61.0 Å². The van der Waals surface area contributed by atoms with Crippen LogP contribution in [0.2, 0.25) is 10.0 Å². The van der Waals surface area contributed by atoms with E-state index in [-0.39, 0.29) is 11.0 Å². The van der Waals surface area contributed by atoms with Crippen molar-refractivity contribution in [3.63, 3.8) is 0 Å². The summed E-state index contributed by atoms with van der Waals surface area (Å²) in [6.45, 7) is 8.31. The number of halogens is 3. The highest BCUT2D eigenvalue weighted by Gasteiger charge is 2.34. The average molecular weight is 545 g/mol. The van der Waals surface area contributed by atoms with Gasteiger partial charge in [0, 0.05) is 40.4 Å². The number of carbonyl (C=O) groups excluding carboxylic acids is 1. The number of ether oxygens (including phenoxy) is 1. The molecule has 0 spiro atoms. The molecule has 1 amide bonds. The summed E-state index contributed by atoms with van der Waals surface area (Å²) in [5, 5.41) is 14.2. The average Bonchev–Trinajstić information content (AvgIpc) is 3.61. The van der Waals surface area contributed by atoms with Crippen molar-refractivity contribution in [2.24, 2.45) is 5.41 Å². The van der Waals surface area contributed by atoms with Crippen LogP contribution < -0.4 is 15.5 Å². The highest BCUT2D eigenvalue weighted by atomic mass is 35.5. The largest absolute Gasteiger partial charge is 0.493 e. The van der Waals surface area contributed by atoms with Crippen LogP contribution in [0.3, 0.4) is 0 Å². The second-order valence-electron chi connectivity index (χ2n) is 9.11. The molecule has 1 saturated carbocycles. The topological polar surface area (TPSA) is 73.8 Å². The molecule has 0 radical (unpaired) electrons. The predicted octanol–water partition coefficient (Wildman–Crippen LogP) is 6.25. The molecule has 2 aromatic rings. The minimum absolute atomic E-state index is 0.0715. The number of benzene rings is 2. The standard InChI is InChI=1S/C17H24FN3O3S.C8H8Cl2/c1-3-25-21(23)20-16(22)13-6-12(11-4-5-11)15(7-14(13)18)24-10-17(2)8-19-9-17;1-2-6-3-7(9)5-8(10)4-6/h6-7,11,19,23H,3-5,8-10H2,1-2H3,(H,20,22);3-5H,2H2,1H3. The number of hydrazine groups is 1. The van der Waals surface area contributed by atoms with Crippen molar-refractivity contribution >= 4 is 41.1 Å². The number of nitrogens with zero attached hydrogens (tertiary/aromatic N) is 1. The molecule has 2 aliphatic rings. The molecule has 10 heteroatoms. The molecular formula is C25H32Cl2FN3O3S. The highest BCUT2D eigenvalue weighted by Crippen LogP contribution is 2.45. The van der Waals surface area contributed by atoms with Crippen LogP contribution in [0.15, 0.2) is 30.3 Å². The predicted molar refractivity (Wildman–Crippen MR) is 140 cm³/mol. The minimum Gasteiger partial charge on any atom is -0.493 e. The zero-order chi connectivity index (χ0) is 25.6. The Hall–Kier alpha value is -1.55. The Bertz CT molecular complexity index is 1020. The number of hydrogen-bond acceptors (Lipinski definition) is 6. The van der Waals surface area contributed by atoms with Gasteiger partial charge in [-0.15, -0.1) is 0 Å². The third-order valence-corrected chi connectivity index (χ3v) is 6.85. The van der Waals surface area contributed by atoms with Crippen molar-refractivity contribution in [1.82, 2.24) is 15.3 Å². The van der Waals surface area contributed by atoms with Gasteiger partial charge < -0.3 is 10.1 Å². The zero-order valence-electron chi connectivity index (χ0n) is 20.2. The third kappa shape index (κ3) is 8.23. The molecule has 4 rings (SSSR count). The highest BCUT2D eigenvalue weighted by molar-refractivity contribution is 7.96. The van der Waals surface area contributed by atoms with Crippen molar-refractivity contribution in [1.29, 1.82) is 0 Å². The summed E-state index contributed by atoms with van der Waals surface area (Å²) in [4.78, 5) is 12.2. The van der Waals surface area contributed by atoms with Crippen LogP contribution in [0.5, 0.6) is 5.75 Å². The van der Waals surface area contributed by atoms with Gasteiger partial charge in [-0.3, -0.25) is 15.4 Å². The summed E-state index contributed by atoms with van der Waals surface area (Å²) < 4.78 is 21.0. The molecule has 2 fully saturated rings. The van der Waals surface area contributed by atoms with Crippen molar-refractivity contribution in [3.8, 4) is 5.75 Å². The van der Waals surface area contributed by atoms with Gasteiger partial charge in [0.05, 0.1) is 12.2 Å². The number of amides is 1. The van der Waals surface area contributed by atoms with Crippen LogP contribution in [-0.2, 0) is 6.42 Å². The van der Waals surface area contributed by atoms with E-state index in [1.807, 2.05) is 19.1 Å². The Balaban J connectivity index is 0.000000287. The van der Waals surface area contributed by atoms with Crippen molar-refractivity contribution < 1.29 is 19.1 Å². The van der Waals surface area contributed by atoms with Crippen LogP contribution in [0.25, 0.3) is 0 Å². The van der Waals surface area contributed by atoms with Gasteiger partial charge in [0.25, 0.3) is 5.91 Å². The monoisotopic (exact) mass is 543 g/mol. The van der Waals surface area contributed by atoms with Crippen LogP contribution in [0, 0.1) is 11.2 Å². The number of aryl methyl sites for hydroxylation is 1. The maximum Gasteiger partial charge on any atom is 0.271 e. The van der Waals surface area contributed by atoms with E-state index < -0.39 is 11.7 Å². The van der Waals surface area contributed by atoms with E-state index in [4.69, 9.17) is 27.9 Å².